The summed E-state index contributed by atoms with van der Waals surface area (Å²) in [7, 11) is 0. The normalized spacial score (nSPS) is 30.4. The minimum atomic E-state index is -0.606. The number of ether oxygens (including phenoxy) is 4. The fourth-order valence-electron chi connectivity index (χ4n) is 3.67. The highest BCUT2D eigenvalue weighted by atomic mass is 16.8. The quantitative estimate of drug-likeness (QED) is 0.523. The van der Waals surface area contributed by atoms with Crippen LogP contribution in [0.15, 0.2) is 29.4 Å². The molecule has 3 aliphatic rings. The van der Waals surface area contributed by atoms with E-state index in [0.717, 1.165) is 29.1 Å². The van der Waals surface area contributed by atoms with Crippen molar-refractivity contribution in [2.45, 2.75) is 44.7 Å². The van der Waals surface area contributed by atoms with E-state index < -0.39 is 5.79 Å². The van der Waals surface area contributed by atoms with Crippen LogP contribution in [0.4, 0.5) is 0 Å². The summed E-state index contributed by atoms with van der Waals surface area (Å²) in [6.07, 6.45) is 5.11. The molecular weight excluding hydrogens is 310 g/mol. The first-order valence-corrected chi connectivity index (χ1v) is 8.19. The fraction of sp³-hybridized carbons (Fsp3) is 0.500. The van der Waals surface area contributed by atoms with Crippen molar-refractivity contribution in [1.29, 1.82) is 0 Å². The molecule has 1 aromatic carbocycles. The van der Waals surface area contributed by atoms with Gasteiger partial charge in [0.1, 0.15) is 6.10 Å². The van der Waals surface area contributed by atoms with Crippen LogP contribution < -0.4 is 9.47 Å². The second kappa shape index (κ2) is 5.79. The zero-order chi connectivity index (χ0) is 16.7. The number of hydrogen-bond donors (Lipinski definition) is 1. The Balaban J connectivity index is 1.70. The van der Waals surface area contributed by atoms with Gasteiger partial charge in [-0.05, 0) is 55.9 Å². The van der Waals surface area contributed by atoms with Crippen molar-refractivity contribution in [3.8, 4) is 11.5 Å². The van der Waals surface area contributed by atoms with E-state index in [1.807, 2.05) is 32.0 Å². The molecule has 0 unspecified atom stereocenters. The summed E-state index contributed by atoms with van der Waals surface area (Å²) in [5.74, 6) is 1.15. The average Bonchev–Trinajstić information content (AvgIpc) is 3.13. The Morgan fingerprint density at radius 1 is 1.25 bits per heavy atom. The summed E-state index contributed by atoms with van der Waals surface area (Å²) in [5, 5.41) is 11.8. The minimum Gasteiger partial charge on any atom is -0.454 e. The molecule has 4 rings (SSSR count). The van der Waals surface area contributed by atoms with Crippen LogP contribution >= 0.6 is 0 Å². The van der Waals surface area contributed by atoms with Crippen molar-refractivity contribution in [3.63, 3.8) is 0 Å². The number of rotatable bonds is 3. The lowest BCUT2D eigenvalue weighted by atomic mass is 9.82. The van der Waals surface area contributed by atoms with Gasteiger partial charge >= 0.3 is 0 Å². The molecule has 0 spiro atoms. The molecule has 0 saturated carbocycles. The molecule has 3 atom stereocenters. The van der Waals surface area contributed by atoms with E-state index in [-0.39, 0.29) is 24.9 Å². The number of nitrogens with zero attached hydrogens (tertiary/aromatic N) is 1. The molecular formula is C18H21NO5. The van der Waals surface area contributed by atoms with Gasteiger partial charge in [-0.1, -0.05) is 12.1 Å². The molecule has 24 heavy (non-hydrogen) atoms. The topological polar surface area (TPSA) is 69.5 Å². The standard InChI is InChI=1S/C18H21NO5/c1-18(2)23-16-8-11(5-6-19-20)7-13(17(16)24-18)12-3-4-14-15(9-12)22-10-21-14/h3-4,6-7,9,11,16-17,20H,5,8,10H2,1-2H3/b19-6-/t11-,16-,17+/m0/s1. The number of benzene rings is 1. The smallest absolute Gasteiger partial charge is 0.231 e. The third kappa shape index (κ3) is 2.76. The molecule has 2 aliphatic heterocycles. The van der Waals surface area contributed by atoms with Crippen LogP contribution in [-0.4, -0.2) is 36.2 Å². The first-order valence-electron chi connectivity index (χ1n) is 8.19. The Kier molecular flexibility index (Phi) is 3.73. The molecule has 0 radical (unpaired) electrons. The maximum absolute atomic E-state index is 8.72. The molecule has 6 heteroatoms. The maximum atomic E-state index is 8.72. The van der Waals surface area contributed by atoms with Crippen molar-refractivity contribution < 1.29 is 24.2 Å². The lowest BCUT2D eigenvalue weighted by molar-refractivity contribution is -0.142. The zero-order valence-corrected chi connectivity index (χ0v) is 13.8. The third-order valence-electron chi connectivity index (χ3n) is 4.64. The van der Waals surface area contributed by atoms with Crippen molar-refractivity contribution in [2.75, 3.05) is 6.79 Å². The second-order valence-electron chi connectivity index (χ2n) is 6.81. The van der Waals surface area contributed by atoms with Crippen LogP contribution in [-0.2, 0) is 9.47 Å². The first-order chi connectivity index (χ1) is 11.6. The van der Waals surface area contributed by atoms with Crippen LogP contribution in [0.25, 0.3) is 5.57 Å². The second-order valence-corrected chi connectivity index (χ2v) is 6.81. The van der Waals surface area contributed by atoms with Gasteiger partial charge in [-0.2, -0.15) is 0 Å². The Morgan fingerprint density at radius 2 is 2.08 bits per heavy atom. The van der Waals surface area contributed by atoms with Crippen LogP contribution in [0.3, 0.4) is 0 Å². The van der Waals surface area contributed by atoms with E-state index in [0.29, 0.717) is 6.42 Å². The lowest BCUT2D eigenvalue weighted by Gasteiger charge is -2.29. The molecule has 1 aromatic rings. The van der Waals surface area contributed by atoms with Crippen LogP contribution in [0.5, 0.6) is 11.5 Å². The monoisotopic (exact) mass is 331 g/mol. The minimum absolute atomic E-state index is 0.0116. The SMILES string of the molecule is CC1(C)O[C@H]2C[C@@H](C/C=N\O)C=C(c3ccc4c(c3)OCO4)[C@H]2O1. The molecule has 0 bridgehead atoms. The highest BCUT2D eigenvalue weighted by molar-refractivity contribution is 5.73. The molecule has 1 saturated heterocycles. The van der Waals surface area contributed by atoms with Crippen molar-refractivity contribution in [1.82, 2.24) is 0 Å². The molecule has 128 valence electrons. The van der Waals surface area contributed by atoms with Gasteiger partial charge in [0.15, 0.2) is 17.3 Å². The summed E-state index contributed by atoms with van der Waals surface area (Å²) < 4.78 is 23.1. The number of fused-ring (bicyclic) bond motifs is 2. The fourth-order valence-corrected chi connectivity index (χ4v) is 3.67. The van der Waals surface area contributed by atoms with E-state index in [9.17, 15) is 0 Å². The van der Waals surface area contributed by atoms with E-state index in [1.54, 1.807) is 0 Å². The molecule has 2 heterocycles. The van der Waals surface area contributed by atoms with Crippen LogP contribution in [0.2, 0.25) is 0 Å². The van der Waals surface area contributed by atoms with Crippen LogP contribution in [0.1, 0.15) is 32.3 Å². The van der Waals surface area contributed by atoms with E-state index >= 15 is 0 Å². The van der Waals surface area contributed by atoms with Gasteiger partial charge in [-0.25, -0.2) is 0 Å². The predicted octanol–water partition coefficient (Wildman–Crippen LogP) is 3.19. The summed E-state index contributed by atoms with van der Waals surface area (Å²) in [6, 6.07) is 5.93. The van der Waals surface area contributed by atoms with E-state index in [4.69, 9.17) is 24.2 Å². The molecule has 0 amide bonds. The van der Waals surface area contributed by atoms with E-state index in [2.05, 4.69) is 11.2 Å². The third-order valence-corrected chi connectivity index (χ3v) is 4.64. The van der Waals surface area contributed by atoms with Gasteiger partial charge in [-0.3, -0.25) is 0 Å². The maximum Gasteiger partial charge on any atom is 0.231 e. The Labute approximate surface area is 140 Å². The largest absolute Gasteiger partial charge is 0.454 e. The molecule has 6 nitrogen and oxygen atoms in total. The van der Waals surface area contributed by atoms with Crippen molar-refractivity contribution in [2.24, 2.45) is 11.1 Å². The lowest BCUT2D eigenvalue weighted by Crippen LogP contribution is -2.31. The van der Waals surface area contributed by atoms with Gasteiger partial charge in [0.25, 0.3) is 0 Å². The number of oxime groups is 1. The van der Waals surface area contributed by atoms with Crippen LogP contribution in [0, 0.1) is 5.92 Å². The van der Waals surface area contributed by atoms with E-state index in [1.165, 1.54) is 6.21 Å². The average molecular weight is 331 g/mol. The number of allylic oxidation sites excluding steroid dienone is 1. The summed E-state index contributed by atoms with van der Waals surface area (Å²) in [6.45, 7) is 4.13. The summed E-state index contributed by atoms with van der Waals surface area (Å²) in [4.78, 5) is 0. The van der Waals surface area contributed by atoms with Crippen molar-refractivity contribution in [3.05, 3.63) is 29.8 Å². The Bertz CT molecular complexity index is 697. The summed E-state index contributed by atoms with van der Waals surface area (Å²) >= 11 is 0. The Hall–Kier alpha value is -2.05. The number of hydrogen-bond acceptors (Lipinski definition) is 6. The molecule has 1 N–H and O–H groups in total. The molecule has 1 fully saturated rings. The zero-order valence-electron chi connectivity index (χ0n) is 13.8. The highest BCUT2D eigenvalue weighted by Gasteiger charge is 2.46. The van der Waals surface area contributed by atoms with Gasteiger partial charge < -0.3 is 24.2 Å². The summed E-state index contributed by atoms with van der Waals surface area (Å²) in [5.41, 5.74) is 2.13. The highest BCUT2D eigenvalue weighted by Crippen LogP contribution is 2.44. The first kappa shape index (κ1) is 15.5. The predicted molar refractivity (Wildman–Crippen MR) is 87.4 cm³/mol. The molecule has 1 aliphatic carbocycles. The molecule has 0 aromatic heterocycles. The van der Waals surface area contributed by atoms with Crippen molar-refractivity contribution >= 4 is 11.8 Å². The Morgan fingerprint density at radius 3 is 2.92 bits per heavy atom. The van der Waals surface area contributed by atoms with Gasteiger partial charge in [0.2, 0.25) is 6.79 Å². The van der Waals surface area contributed by atoms with Gasteiger partial charge in [0.05, 0.1) is 6.10 Å². The van der Waals surface area contributed by atoms with Gasteiger partial charge in [0, 0.05) is 6.21 Å². The van der Waals surface area contributed by atoms with Gasteiger partial charge in [-0.15, -0.1) is 5.16 Å².